The van der Waals surface area contributed by atoms with Crippen molar-refractivity contribution in [3.05, 3.63) is 60.7 Å². The fourth-order valence-electron chi connectivity index (χ4n) is 3.40. The van der Waals surface area contributed by atoms with Crippen molar-refractivity contribution in [2.75, 3.05) is 6.54 Å². The number of benzene rings is 1. The van der Waals surface area contributed by atoms with Crippen molar-refractivity contribution in [1.29, 1.82) is 0 Å². The number of halogens is 1. The van der Waals surface area contributed by atoms with Crippen LogP contribution in [0.15, 0.2) is 59.3 Å². The normalized spacial score (nSPS) is 23.1. The van der Waals surface area contributed by atoms with Crippen molar-refractivity contribution in [1.82, 2.24) is 9.47 Å². The first-order chi connectivity index (χ1) is 10.8. The number of likely N-dealkylation sites (tertiary alicyclic amines) is 1. The highest BCUT2D eigenvalue weighted by atomic mass is 19.1. The van der Waals surface area contributed by atoms with E-state index >= 15 is 0 Å². The van der Waals surface area contributed by atoms with Crippen LogP contribution in [-0.2, 0) is 6.54 Å². The number of rotatable bonds is 3. The Hall–Kier alpha value is -2.07. The average molecular weight is 298 g/mol. The third-order valence-electron chi connectivity index (χ3n) is 4.57. The monoisotopic (exact) mass is 298 g/mol. The van der Waals surface area contributed by atoms with Crippen molar-refractivity contribution in [3.63, 3.8) is 0 Å². The Labute approximate surface area is 128 Å². The lowest BCUT2D eigenvalue weighted by Gasteiger charge is -2.35. The fraction of sp³-hybridized carbons (Fsp3) is 0.333. The quantitative estimate of drug-likeness (QED) is 0.670. The molecule has 114 valence electrons. The van der Waals surface area contributed by atoms with E-state index in [-0.39, 0.29) is 6.04 Å². The lowest BCUT2D eigenvalue weighted by molar-refractivity contribution is 0.0145. The van der Waals surface area contributed by atoms with Gasteiger partial charge >= 0.3 is 0 Å². The molecule has 0 aliphatic carbocycles. The second kappa shape index (κ2) is 5.61. The summed E-state index contributed by atoms with van der Waals surface area (Å²) in [4.78, 5) is 1.86. The first-order valence-electron chi connectivity index (χ1n) is 7.77. The highest BCUT2D eigenvalue weighted by molar-refractivity contribution is 5.80. The van der Waals surface area contributed by atoms with E-state index in [1.54, 1.807) is 6.26 Å². The standard InChI is InChI=1S/C18H19FN2O/c19-18-12-15(8-9-20(18)13-16-5-3-11-22-16)21-10-7-14-4-1-2-6-17(14)21/h1-7,10-11,15,18H,8-9,12-13H2. The van der Waals surface area contributed by atoms with Crippen LogP contribution < -0.4 is 0 Å². The summed E-state index contributed by atoms with van der Waals surface area (Å²) in [6.45, 7) is 1.30. The van der Waals surface area contributed by atoms with Crippen molar-refractivity contribution in [3.8, 4) is 0 Å². The van der Waals surface area contributed by atoms with Crippen LogP contribution in [0.5, 0.6) is 0 Å². The van der Waals surface area contributed by atoms with Gasteiger partial charge in [-0.25, -0.2) is 4.39 Å². The molecule has 2 aromatic heterocycles. The summed E-state index contributed by atoms with van der Waals surface area (Å²) in [5, 5.41) is 1.22. The molecular weight excluding hydrogens is 279 g/mol. The Morgan fingerprint density at radius 3 is 2.86 bits per heavy atom. The molecule has 0 N–H and O–H groups in total. The Kier molecular flexibility index (Phi) is 3.47. The Bertz CT molecular complexity index is 749. The zero-order valence-corrected chi connectivity index (χ0v) is 12.4. The minimum Gasteiger partial charge on any atom is -0.468 e. The van der Waals surface area contributed by atoms with E-state index in [2.05, 4.69) is 29.0 Å². The van der Waals surface area contributed by atoms with E-state index < -0.39 is 6.30 Å². The van der Waals surface area contributed by atoms with Crippen LogP contribution in [0, 0.1) is 0 Å². The third-order valence-corrected chi connectivity index (χ3v) is 4.57. The summed E-state index contributed by atoms with van der Waals surface area (Å²) in [6.07, 6.45) is 4.29. The minimum atomic E-state index is -0.926. The van der Waals surface area contributed by atoms with Crippen LogP contribution in [0.3, 0.4) is 0 Å². The van der Waals surface area contributed by atoms with Crippen molar-refractivity contribution in [2.24, 2.45) is 0 Å². The minimum absolute atomic E-state index is 0.225. The van der Waals surface area contributed by atoms with Gasteiger partial charge in [-0.05, 0) is 36.1 Å². The maximum absolute atomic E-state index is 14.6. The van der Waals surface area contributed by atoms with Crippen LogP contribution in [0.25, 0.3) is 10.9 Å². The molecule has 0 bridgehead atoms. The van der Waals surface area contributed by atoms with Gasteiger partial charge in [0.2, 0.25) is 0 Å². The maximum Gasteiger partial charge on any atom is 0.156 e. The predicted octanol–water partition coefficient (Wildman–Crippen LogP) is 4.37. The van der Waals surface area contributed by atoms with Crippen molar-refractivity contribution in [2.45, 2.75) is 31.7 Å². The van der Waals surface area contributed by atoms with Gasteiger partial charge in [-0.15, -0.1) is 0 Å². The van der Waals surface area contributed by atoms with Crippen molar-refractivity contribution < 1.29 is 8.81 Å². The number of furan rings is 1. The van der Waals surface area contributed by atoms with E-state index in [0.717, 1.165) is 18.7 Å². The molecule has 2 unspecified atom stereocenters. The maximum atomic E-state index is 14.6. The van der Waals surface area contributed by atoms with E-state index in [0.29, 0.717) is 13.0 Å². The molecular formula is C18H19FN2O. The number of alkyl halides is 1. The Morgan fingerprint density at radius 2 is 2.05 bits per heavy atom. The smallest absolute Gasteiger partial charge is 0.156 e. The van der Waals surface area contributed by atoms with Gasteiger partial charge in [-0.3, -0.25) is 4.90 Å². The number of hydrogen-bond donors (Lipinski definition) is 0. The van der Waals surface area contributed by atoms with E-state index in [9.17, 15) is 4.39 Å². The summed E-state index contributed by atoms with van der Waals surface area (Å²) in [5.74, 6) is 0.826. The summed E-state index contributed by atoms with van der Waals surface area (Å²) < 4.78 is 22.1. The van der Waals surface area contributed by atoms with Gasteiger partial charge in [-0.2, -0.15) is 0 Å². The number of aromatic nitrogens is 1. The molecule has 4 rings (SSSR count). The largest absolute Gasteiger partial charge is 0.468 e. The van der Waals surface area contributed by atoms with Crippen LogP contribution >= 0.6 is 0 Å². The molecule has 1 aromatic carbocycles. The summed E-state index contributed by atoms with van der Waals surface area (Å²) >= 11 is 0. The molecule has 0 saturated carbocycles. The molecule has 1 fully saturated rings. The number of para-hydroxylation sites is 1. The SMILES string of the molecule is FC1CC(n2ccc3ccccc32)CCN1Cc1ccco1. The number of hydrogen-bond acceptors (Lipinski definition) is 2. The van der Waals surface area contributed by atoms with Gasteiger partial charge in [-0.1, -0.05) is 18.2 Å². The third kappa shape index (κ3) is 2.44. The van der Waals surface area contributed by atoms with Crippen LogP contribution in [0.4, 0.5) is 4.39 Å². The molecule has 1 aliphatic rings. The molecule has 22 heavy (non-hydrogen) atoms. The average Bonchev–Trinajstić information content (AvgIpc) is 3.18. The topological polar surface area (TPSA) is 21.3 Å². The zero-order chi connectivity index (χ0) is 14.9. The molecule has 3 heterocycles. The number of piperidine rings is 1. The number of nitrogens with zero attached hydrogens (tertiary/aromatic N) is 2. The van der Waals surface area contributed by atoms with Gasteiger partial charge in [0.1, 0.15) is 5.76 Å². The molecule has 3 nitrogen and oxygen atoms in total. The molecule has 1 saturated heterocycles. The van der Waals surface area contributed by atoms with E-state index in [4.69, 9.17) is 4.42 Å². The molecule has 3 aromatic rings. The van der Waals surface area contributed by atoms with Crippen molar-refractivity contribution >= 4 is 10.9 Å². The molecule has 1 aliphatic heterocycles. The molecule has 0 amide bonds. The van der Waals surface area contributed by atoms with Crippen LogP contribution in [-0.4, -0.2) is 22.3 Å². The molecule has 4 heteroatoms. The summed E-state index contributed by atoms with van der Waals surface area (Å²) in [7, 11) is 0. The van der Waals surface area contributed by atoms with Gasteiger partial charge in [0, 0.05) is 30.7 Å². The van der Waals surface area contributed by atoms with Crippen LogP contribution in [0.1, 0.15) is 24.6 Å². The van der Waals surface area contributed by atoms with E-state index in [1.807, 2.05) is 29.2 Å². The molecule has 2 atom stereocenters. The Balaban J connectivity index is 1.50. The first-order valence-corrected chi connectivity index (χ1v) is 7.77. The zero-order valence-electron chi connectivity index (χ0n) is 12.4. The van der Waals surface area contributed by atoms with Gasteiger partial charge < -0.3 is 8.98 Å². The number of fused-ring (bicyclic) bond motifs is 1. The molecule has 0 spiro atoms. The summed E-state index contributed by atoms with van der Waals surface area (Å²) in [5.41, 5.74) is 1.19. The van der Waals surface area contributed by atoms with Gasteiger partial charge in [0.15, 0.2) is 6.30 Å². The first kappa shape index (κ1) is 13.6. The van der Waals surface area contributed by atoms with Gasteiger partial charge in [0.05, 0.1) is 12.8 Å². The highest BCUT2D eigenvalue weighted by Crippen LogP contribution is 2.32. The lowest BCUT2D eigenvalue weighted by Crippen LogP contribution is -2.39. The predicted molar refractivity (Wildman–Crippen MR) is 84.2 cm³/mol. The fourth-order valence-corrected chi connectivity index (χ4v) is 3.40. The highest BCUT2D eigenvalue weighted by Gasteiger charge is 2.30. The Morgan fingerprint density at radius 1 is 1.14 bits per heavy atom. The van der Waals surface area contributed by atoms with Crippen LogP contribution in [0.2, 0.25) is 0 Å². The second-order valence-electron chi connectivity index (χ2n) is 5.94. The lowest BCUT2D eigenvalue weighted by atomic mass is 10.0. The molecule has 0 radical (unpaired) electrons. The summed E-state index contributed by atoms with van der Waals surface area (Å²) in [6, 6.07) is 14.4. The second-order valence-corrected chi connectivity index (χ2v) is 5.94. The van der Waals surface area contributed by atoms with Gasteiger partial charge in [0.25, 0.3) is 0 Å². The van der Waals surface area contributed by atoms with E-state index in [1.165, 1.54) is 10.9 Å².